The van der Waals surface area contributed by atoms with Crippen LogP contribution >= 0.6 is 0 Å². The van der Waals surface area contributed by atoms with E-state index >= 15 is 0 Å². The molecule has 60 heavy (non-hydrogen) atoms. The summed E-state index contributed by atoms with van der Waals surface area (Å²) in [7, 11) is 4.80. The van der Waals surface area contributed by atoms with Crippen LogP contribution in [0, 0.1) is 17.8 Å². The smallest absolute Gasteiger partial charge is 0.416 e. The van der Waals surface area contributed by atoms with Crippen LogP contribution in [0.1, 0.15) is 80.2 Å². The van der Waals surface area contributed by atoms with Crippen LogP contribution in [0.3, 0.4) is 0 Å². The number of para-hydroxylation sites is 1. The number of anilines is 1. The molecule has 0 radical (unpaired) electrons. The molecular formula is C44H66F3N3O10. The fraction of sp³-hybridized carbons (Fsp3) is 0.682. The maximum absolute atomic E-state index is 14.1. The van der Waals surface area contributed by atoms with Crippen LogP contribution in [0.2, 0.25) is 0 Å². The molecule has 16 heteroatoms. The highest BCUT2D eigenvalue weighted by atomic mass is 19.4. The third-order valence-corrected chi connectivity index (χ3v) is 12.5. The van der Waals surface area contributed by atoms with Crippen LogP contribution in [0.25, 0.3) is 0 Å². The molecule has 4 N–H and O–H groups in total. The molecule has 0 saturated carbocycles. The highest BCUT2D eigenvalue weighted by Gasteiger charge is 2.51. The van der Waals surface area contributed by atoms with Crippen LogP contribution in [0.4, 0.5) is 23.7 Å². The Balaban J connectivity index is 1.75. The zero-order chi connectivity index (χ0) is 45.1. The van der Waals surface area contributed by atoms with E-state index in [1.54, 1.807) is 79.0 Å². The Hall–Kier alpha value is -3.51. The number of hydrogen-bond donors (Lipinski definition) is 4. The fourth-order valence-electron chi connectivity index (χ4n) is 8.74. The van der Waals surface area contributed by atoms with E-state index in [4.69, 9.17) is 18.9 Å². The second-order valence-corrected chi connectivity index (χ2v) is 17.6. The minimum atomic E-state index is -4.55. The maximum atomic E-state index is 14.1. The number of hydrogen-bond acceptors (Lipinski definition) is 11. The monoisotopic (exact) mass is 853 g/mol. The van der Waals surface area contributed by atoms with Crippen molar-refractivity contribution in [2.75, 3.05) is 32.6 Å². The molecule has 2 aromatic carbocycles. The number of carbonyl (C=O) groups excluding carboxylic acids is 2. The number of ether oxygens (including phenoxy) is 4. The predicted molar refractivity (Wildman–Crippen MR) is 219 cm³/mol. The molecule has 0 aliphatic carbocycles. The second kappa shape index (κ2) is 19.7. The molecule has 2 aliphatic heterocycles. The largest absolute Gasteiger partial charge is 0.483 e. The van der Waals surface area contributed by atoms with Crippen molar-refractivity contribution in [3.8, 4) is 5.75 Å². The van der Waals surface area contributed by atoms with Gasteiger partial charge in [-0.25, -0.2) is 4.79 Å². The minimum Gasteiger partial charge on any atom is -0.483 e. The standard InChI is InChI=1S/C44H66F3N3O10/c1-12-34-43(8,56)37(52)29(6)48(9)24-25(2)23-42(7,55)38(27(4)35(51)28(5)39(53)59-34)60-40-36(58-32-16-14-13-15-17-32)33(22-26(3)57-40)50(11)41(54)49(10)31-20-18-30(19-21-31)44(45,46)47/h13-21,25-29,33-38,40,51-52,55-56H,12,22-24H2,1-11H3/t25-,26-,27+,28-,29-,33+,34-,35+,36-,37-,38-,40+,42-,43-/m1/s1. The number of aliphatic hydroxyl groups excluding tert-OH is 2. The van der Waals surface area contributed by atoms with E-state index in [9.17, 15) is 43.2 Å². The quantitative estimate of drug-likeness (QED) is 0.253. The first-order valence-corrected chi connectivity index (χ1v) is 20.7. The van der Waals surface area contributed by atoms with Crippen LogP contribution in [0.5, 0.6) is 5.75 Å². The van der Waals surface area contributed by atoms with Crippen molar-refractivity contribution in [2.24, 2.45) is 17.8 Å². The van der Waals surface area contributed by atoms with Crippen LogP contribution in [0.15, 0.2) is 54.6 Å². The van der Waals surface area contributed by atoms with Crippen molar-refractivity contribution < 1.29 is 62.1 Å². The van der Waals surface area contributed by atoms with Crippen LogP contribution in [-0.2, 0) is 25.2 Å². The van der Waals surface area contributed by atoms with E-state index < -0.39 is 102 Å². The van der Waals surface area contributed by atoms with E-state index in [1.165, 1.54) is 42.8 Å². The van der Waals surface area contributed by atoms with E-state index in [-0.39, 0.29) is 30.9 Å². The number of alkyl halides is 3. The average molecular weight is 854 g/mol. The van der Waals surface area contributed by atoms with Crippen molar-refractivity contribution in [1.82, 2.24) is 9.80 Å². The van der Waals surface area contributed by atoms with Gasteiger partial charge in [-0.05, 0) is 103 Å². The molecule has 2 heterocycles. The first kappa shape index (κ1) is 49.1. The number of nitrogens with zero attached hydrogens (tertiary/aromatic N) is 3. The van der Waals surface area contributed by atoms with E-state index in [0.717, 1.165) is 12.1 Å². The van der Waals surface area contributed by atoms with Gasteiger partial charge in [-0.3, -0.25) is 9.69 Å². The average Bonchev–Trinajstić information content (AvgIpc) is 3.19. The predicted octanol–water partition coefficient (Wildman–Crippen LogP) is 5.71. The molecule has 2 fully saturated rings. The first-order valence-electron chi connectivity index (χ1n) is 20.7. The van der Waals surface area contributed by atoms with Gasteiger partial charge in [-0.1, -0.05) is 39.0 Å². The summed E-state index contributed by atoms with van der Waals surface area (Å²) in [6.07, 6.45) is -11.9. The van der Waals surface area contributed by atoms with Crippen molar-refractivity contribution in [2.45, 2.75) is 147 Å². The van der Waals surface area contributed by atoms with Crippen molar-refractivity contribution in [3.05, 3.63) is 60.2 Å². The van der Waals surface area contributed by atoms with Gasteiger partial charge in [0.2, 0.25) is 0 Å². The summed E-state index contributed by atoms with van der Waals surface area (Å²) in [5.74, 6) is -2.76. The molecule has 2 aliphatic rings. The Labute approximate surface area is 352 Å². The lowest BCUT2D eigenvalue weighted by Crippen LogP contribution is -2.62. The Morgan fingerprint density at radius 1 is 0.983 bits per heavy atom. The summed E-state index contributed by atoms with van der Waals surface area (Å²) >= 11 is 0. The molecule has 2 aromatic rings. The number of aliphatic hydroxyl groups is 4. The third-order valence-electron chi connectivity index (χ3n) is 12.5. The number of rotatable bonds is 7. The third kappa shape index (κ3) is 11.3. The molecular weight excluding hydrogens is 787 g/mol. The lowest BCUT2D eigenvalue weighted by atomic mass is 9.78. The lowest BCUT2D eigenvalue weighted by Gasteiger charge is -2.48. The SMILES string of the molecule is CC[C@H]1OC(=O)[C@H](C)[C@@H](O)[C@H](C)[C@@H](O[C@@H]2O[C@H](C)C[C@H](N(C)C(=O)N(C)c3ccc(C(F)(F)F)cc3)[C@H]2Oc2ccccc2)[C@](C)(O)C[C@@H](C)CN(C)[C@H](C)[C@@H](O)[C@]1(C)O. The lowest BCUT2D eigenvalue weighted by molar-refractivity contribution is -0.293. The van der Waals surface area contributed by atoms with Gasteiger partial charge in [0.05, 0.1) is 41.4 Å². The maximum Gasteiger partial charge on any atom is 0.416 e. The zero-order valence-corrected chi connectivity index (χ0v) is 36.7. The Morgan fingerprint density at radius 3 is 2.15 bits per heavy atom. The molecule has 13 nitrogen and oxygen atoms in total. The van der Waals surface area contributed by atoms with Gasteiger partial charge in [0.25, 0.3) is 0 Å². The molecule has 4 rings (SSSR count). The summed E-state index contributed by atoms with van der Waals surface area (Å²) in [6.45, 7) is 13.7. The Morgan fingerprint density at radius 2 is 1.58 bits per heavy atom. The number of amides is 2. The highest BCUT2D eigenvalue weighted by molar-refractivity contribution is 5.91. The topological polar surface area (TPSA) is 162 Å². The second-order valence-electron chi connectivity index (χ2n) is 17.6. The van der Waals surface area contributed by atoms with Crippen molar-refractivity contribution in [1.29, 1.82) is 0 Å². The molecule has 0 unspecified atom stereocenters. The number of urea groups is 1. The Bertz CT molecular complexity index is 1700. The van der Waals surface area contributed by atoms with Crippen LogP contribution < -0.4 is 9.64 Å². The number of halogens is 3. The summed E-state index contributed by atoms with van der Waals surface area (Å²) in [4.78, 5) is 32.3. The summed E-state index contributed by atoms with van der Waals surface area (Å²) < 4.78 is 65.6. The number of benzene rings is 2. The number of esters is 1. The molecule has 0 bridgehead atoms. The minimum absolute atomic E-state index is 0.126. The van der Waals surface area contributed by atoms with Gasteiger partial charge in [0.1, 0.15) is 23.6 Å². The summed E-state index contributed by atoms with van der Waals surface area (Å²) in [6, 6.07) is 11.2. The van der Waals surface area contributed by atoms with E-state index in [0.29, 0.717) is 12.3 Å². The van der Waals surface area contributed by atoms with Gasteiger partial charge in [0, 0.05) is 38.3 Å². The normalized spacial score (nSPS) is 36.7. The zero-order valence-electron chi connectivity index (χ0n) is 36.7. The van der Waals surface area contributed by atoms with Gasteiger partial charge in [-0.15, -0.1) is 0 Å². The molecule has 14 atom stereocenters. The van der Waals surface area contributed by atoms with E-state index in [2.05, 4.69) is 0 Å². The summed E-state index contributed by atoms with van der Waals surface area (Å²) in [5.41, 5.74) is -4.15. The van der Waals surface area contributed by atoms with E-state index in [1.807, 2.05) is 11.8 Å². The molecule has 338 valence electrons. The molecule has 0 spiro atoms. The number of cyclic esters (lactones) is 1. The summed E-state index contributed by atoms with van der Waals surface area (Å²) in [5, 5.41) is 47.3. The highest BCUT2D eigenvalue weighted by Crippen LogP contribution is 2.38. The van der Waals surface area contributed by atoms with Gasteiger partial charge < -0.3 is 49.2 Å². The number of likely N-dealkylation sites (N-methyl/N-ethyl adjacent to an activating group) is 2. The van der Waals surface area contributed by atoms with Gasteiger partial charge >= 0.3 is 18.2 Å². The van der Waals surface area contributed by atoms with Gasteiger partial charge in [0.15, 0.2) is 12.4 Å². The molecule has 2 amide bonds. The molecule has 0 aromatic heterocycles. The first-order chi connectivity index (χ1) is 27.8. The van der Waals surface area contributed by atoms with Crippen LogP contribution in [-0.4, -0.2) is 136 Å². The van der Waals surface area contributed by atoms with Crippen molar-refractivity contribution >= 4 is 17.7 Å². The fourth-order valence-corrected chi connectivity index (χ4v) is 8.74. The molecule has 2 saturated heterocycles. The number of carbonyl (C=O) groups is 2. The Kier molecular flexibility index (Phi) is 16.1. The van der Waals surface area contributed by atoms with Gasteiger partial charge in [-0.2, -0.15) is 13.2 Å². The van der Waals surface area contributed by atoms with Crippen molar-refractivity contribution in [3.63, 3.8) is 0 Å².